The average Bonchev–Trinajstić information content (AvgIpc) is 2.84. The molecule has 23 heavy (non-hydrogen) atoms. The zero-order valence-corrected chi connectivity index (χ0v) is 12.5. The average molecular weight is 312 g/mol. The lowest BCUT2D eigenvalue weighted by molar-refractivity contribution is -0.132. The van der Waals surface area contributed by atoms with Crippen LogP contribution in [0.15, 0.2) is 53.7 Å². The van der Waals surface area contributed by atoms with Gasteiger partial charge >= 0.3 is 0 Å². The number of oxime groups is 1. The van der Waals surface area contributed by atoms with Crippen LogP contribution < -0.4 is 10.1 Å². The molecule has 3 N–H and O–H groups in total. The van der Waals surface area contributed by atoms with Crippen LogP contribution in [-0.4, -0.2) is 29.0 Å². The number of hydrogen-bond donors (Lipinski definition) is 3. The second-order valence-electron chi connectivity index (χ2n) is 5.31. The smallest absolute Gasteiger partial charge is 0.261 e. The lowest BCUT2D eigenvalue weighted by Crippen LogP contribution is -2.36. The van der Waals surface area contributed by atoms with Crippen molar-refractivity contribution in [1.82, 2.24) is 0 Å². The molecule has 0 saturated heterocycles. The Morgan fingerprint density at radius 3 is 2.57 bits per heavy atom. The molecule has 0 radical (unpaired) electrons. The number of carbonyl (C=O) groups is 1. The lowest BCUT2D eigenvalue weighted by Gasteiger charge is -2.21. The van der Waals surface area contributed by atoms with Gasteiger partial charge in [0.15, 0.2) is 5.60 Å². The number of methoxy groups -OCH3 is 1. The van der Waals surface area contributed by atoms with Gasteiger partial charge in [-0.05, 0) is 35.9 Å². The van der Waals surface area contributed by atoms with Crippen LogP contribution in [0.5, 0.6) is 5.75 Å². The van der Waals surface area contributed by atoms with E-state index in [0.29, 0.717) is 22.6 Å². The maximum Gasteiger partial charge on any atom is 0.261 e. The van der Waals surface area contributed by atoms with Crippen LogP contribution in [0.4, 0.5) is 5.69 Å². The monoisotopic (exact) mass is 312 g/mol. The molecule has 1 aliphatic rings. The summed E-state index contributed by atoms with van der Waals surface area (Å²) in [6, 6.07) is 13.7. The SMILES string of the molecule is COc1ccc(C(C[C@]2(O)C(=O)Nc3ccccc32)=NO)cc1. The third kappa shape index (κ3) is 2.53. The van der Waals surface area contributed by atoms with Crippen LogP contribution in [0.2, 0.25) is 0 Å². The standard InChI is InChI=1S/C17H16N2O4/c1-23-12-8-6-11(7-9-12)15(19-22)10-17(21)13-4-2-3-5-14(13)18-16(17)20/h2-9,21-22H,10H2,1H3,(H,18,20)/t17-/m1/s1. The normalized spacial score (nSPS) is 20.1. The van der Waals surface area contributed by atoms with Crippen molar-refractivity contribution < 1.29 is 19.8 Å². The van der Waals surface area contributed by atoms with Gasteiger partial charge in [-0.3, -0.25) is 4.79 Å². The summed E-state index contributed by atoms with van der Waals surface area (Å²) in [6.45, 7) is 0. The summed E-state index contributed by atoms with van der Waals surface area (Å²) in [7, 11) is 1.55. The topological polar surface area (TPSA) is 91.2 Å². The second-order valence-corrected chi connectivity index (χ2v) is 5.31. The van der Waals surface area contributed by atoms with Crippen molar-refractivity contribution in [3.63, 3.8) is 0 Å². The van der Waals surface area contributed by atoms with Crippen molar-refractivity contribution in [3.05, 3.63) is 59.7 Å². The molecule has 1 aliphatic heterocycles. The number of aliphatic hydroxyl groups is 1. The molecule has 1 atom stereocenters. The van der Waals surface area contributed by atoms with Crippen LogP contribution in [0.3, 0.4) is 0 Å². The summed E-state index contributed by atoms with van der Waals surface area (Å²) in [4.78, 5) is 12.2. The Morgan fingerprint density at radius 1 is 1.22 bits per heavy atom. The number of ether oxygens (including phenoxy) is 1. The molecule has 2 aromatic rings. The molecule has 6 nitrogen and oxygen atoms in total. The quantitative estimate of drug-likeness (QED) is 0.458. The Balaban J connectivity index is 1.94. The number of nitrogens with zero attached hydrogens (tertiary/aromatic N) is 1. The highest BCUT2D eigenvalue weighted by atomic mass is 16.5. The van der Waals surface area contributed by atoms with E-state index in [2.05, 4.69) is 10.5 Å². The molecule has 1 heterocycles. The number of anilines is 1. The Kier molecular flexibility index (Phi) is 3.75. The fourth-order valence-corrected chi connectivity index (χ4v) is 2.70. The van der Waals surface area contributed by atoms with E-state index in [1.165, 1.54) is 0 Å². The van der Waals surface area contributed by atoms with Crippen molar-refractivity contribution in [2.45, 2.75) is 12.0 Å². The first-order valence-electron chi connectivity index (χ1n) is 7.07. The Bertz CT molecular complexity index is 770. The number of amides is 1. The fourth-order valence-electron chi connectivity index (χ4n) is 2.70. The molecule has 0 spiro atoms. The third-order valence-electron chi connectivity index (χ3n) is 3.96. The van der Waals surface area contributed by atoms with Gasteiger partial charge < -0.3 is 20.4 Å². The maximum atomic E-state index is 12.2. The molecule has 3 rings (SSSR count). The first kappa shape index (κ1) is 15.1. The van der Waals surface area contributed by atoms with Crippen LogP contribution in [0, 0.1) is 0 Å². The van der Waals surface area contributed by atoms with Gasteiger partial charge in [-0.1, -0.05) is 23.4 Å². The van der Waals surface area contributed by atoms with Crippen molar-refractivity contribution in [1.29, 1.82) is 0 Å². The summed E-state index contributed by atoms with van der Waals surface area (Å²) in [5, 5.41) is 26.1. The van der Waals surface area contributed by atoms with E-state index in [9.17, 15) is 15.1 Å². The van der Waals surface area contributed by atoms with Crippen molar-refractivity contribution >= 4 is 17.3 Å². The minimum atomic E-state index is -1.77. The molecular formula is C17H16N2O4. The molecule has 118 valence electrons. The highest BCUT2D eigenvalue weighted by Crippen LogP contribution is 2.39. The minimum absolute atomic E-state index is 0.140. The van der Waals surface area contributed by atoms with Crippen molar-refractivity contribution in [2.24, 2.45) is 5.16 Å². The van der Waals surface area contributed by atoms with Gasteiger partial charge in [0.05, 0.1) is 12.8 Å². The van der Waals surface area contributed by atoms with Gasteiger partial charge in [0.2, 0.25) is 0 Å². The van der Waals surface area contributed by atoms with E-state index >= 15 is 0 Å². The number of hydrogen-bond acceptors (Lipinski definition) is 5. The second kappa shape index (κ2) is 5.73. The Morgan fingerprint density at radius 2 is 1.91 bits per heavy atom. The Hall–Kier alpha value is -2.86. The van der Waals surface area contributed by atoms with E-state index in [-0.39, 0.29) is 12.1 Å². The van der Waals surface area contributed by atoms with E-state index in [4.69, 9.17) is 4.74 Å². The van der Waals surface area contributed by atoms with Gasteiger partial charge in [0.25, 0.3) is 5.91 Å². The maximum absolute atomic E-state index is 12.2. The number of nitrogens with one attached hydrogen (secondary N) is 1. The summed E-state index contributed by atoms with van der Waals surface area (Å²) >= 11 is 0. The molecule has 1 amide bonds. The molecule has 0 saturated carbocycles. The molecule has 6 heteroatoms. The van der Waals surface area contributed by atoms with Crippen LogP contribution in [-0.2, 0) is 10.4 Å². The van der Waals surface area contributed by atoms with Crippen LogP contribution >= 0.6 is 0 Å². The fraction of sp³-hybridized carbons (Fsp3) is 0.176. The summed E-state index contributed by atoms with van der Waals surface area (Å²) in [6.07, 6.45) is -0.140. The van der Waals surface area contributed by atoms with Gasteiger partial charge in [0, 0.05) is 17.7 Å². The molecule has 2 aromatic carbocycles. The number of para-hydroxylation sites is 1. The van der Waals surface area contributed by atoms with E-state index in [0.717, 1.165) is 0 Å². The highest BCUT2D eigenvalue weighted by molar-refractivity contribution is 6.10. The van der Waals surface area contributed by atoms with Crippen molar-refractivity contribution in [2.75, 3.05) is 12.4 Å². The molecule has 0 aliphatic carbocycles. The number of benzene rings is 2. The largest absolute Gasteiger partial charge is 0.497 e. The number of carbonyl (C=O) groups excluding carboxylic acids is 1. The van der Waals surface area contributed by atoms with Crippen molar-refractivity contribution in [3.8, 4) is 5.75 Å². The molecular weight excluding hydrogens is 296 g/mol. The molecule has 0 unspecified atom stereocenters. The van der Waals surface area contributed by atoms with Gasteiger partial charge in [0.1, 0.15) is 5.75 Å². The highest BCUT2D eigenvalue weighted by Gasteiger charge is 2.46. The van der Waals surface area contributed by atoms with Crippen LogP contribution in [0.25, 0.3) is 0 Å². The zero-order chi connectivity index (χ0) is 16.4. The van der Waals surface area contributed by atoms with Gasteiger partial charge in [-0.15, -0.1) is 0 Å². The zero-order valence-electron chi connectivity index (χ0n) is 12.5. The van der Waals surface area contributed by atoms with Gasteiger partial charge in [-0.25, -0.2) is 0 Å². The van der Waals surface area contributed by atoms with E-state index in [1.807, 2.05) is 0 Å². The predicted molar refractivity (Wildman–Crippen MR) is 84.9 cm³/mol. The Labute approximate surface area is 133 Å². The number of rotatable bonds is 4. The molecule has 0 aromatic heterocycles. The molecule has 0 fully saturated rings. The summed E-state index contributed by atoms with van der Waals surface area (Å²) in [5.41, 5.74) is 0.0746. The van der Waals surface area contributed by atoms with Gasteiger partial charge in [-0.2, -0.15) is 0 Å². The van der Waals surface area contributed by atoms with E-state index in [1.54, 1.807) is 55.6 Å². The summed E-state index contributed by atoms with van der Waals surface area (Å²) in [5.74, 6) is 0.127. The first-order chi connectivity index (χ1) is 11.1. The van der Waals surface area contributed by atoms with Crippen LogP contribution in [0.1, 0.15) is 17.5 Å². The minimum Gasteiger partial charge on any atom is -0.497 e. The summed E-state index contributed by atoms with van der Waals surface area (Å²) < 4.78 is 5.08. The number of fused-ring (bicyclic) bond motifs is 1. The third-order valence-corrected chi connectivity index (χ3v) is 3.96. The predicted octanol–water partition coefficient (Wildman–Crippen LogP) is 2.10. The lowest BCUT2D eigenvalue weighted by atomic mass is 9.88. The first-order valence-corrected chi connectivity index (χ1v) is 7.07. The van der Waals surface area contributed by atoms with E-state index < -0.39 is 11.5 Å². The molecule has 0 bridgehead atoms.